The molecule has 3 nitrogen and oxygen atoms in total. The van der Waals surface area contributed by atoms with Crippen LogP contribution >= 0.6 is 15.9 Å². The SMILES string of the molecule is COc1ccc(Br)c(CC(C(=O)O)c2ccccc2C)c1. The molecule has 1 atom stereocenters. The molecule has 0 saturated heterocycles. The largest absolute Gasteiger partial charge is 0.497 e. The smallest absolute Gasteiger partial charge is 0.311 e. The molecular formula is C17H17BrO3. The molecule has 0 radical (unpaired) electrons. The van der Waals surface area contributed by atoms with Crippen molar-refractivity contribution in [3.05, 3.63) is 63.6 Å². The second kappa shape index (κ2) is 6.76. The number of hydrogen-bond acceptors (Lipinski definition) is 2. The topological polar surface area (TPSA) is 46.5 Å². The minimum Gasteiger partial charge on any atom is -0.497 e. The molecular weight excluding hydrogens is 332 g/mol. The Balaban J connectivity index is 2.38. The van der Waals surface area contributed by atoms with E-state index in [0.29, 0.717) is 6.42 Å². The molecule has 2 aromatic carbocycles. The van der Waals surface area contributed by atoms with Crippen LogP contribution in [0.5, 0.6) is 5.75 Å². The van der Waals surface area contributed by atoms with Crippen molar-refractivity contribution in [3.63, 3.8) is 0 Å². The quantitative estimate of drug-likeness (QED) is 0.881. The Hall–Kier alpha value is -1.81. The lowest BCUT2D eigenvalue weighted by atomic mass is 9.89. The van der Waals surface area contributed by atoms with Gasteiger partial charge in [0.15, 0.2) is 0 Å². The first kappa shape index (κ1) is 15.6. The number of aliphatic carboxylic acids is 1. The van der Waals surface area contributed by atoms with Crippen molar-refractivity contribution in [2.45, 2.75) is 19.3 Å². The van der Waals surface area contributed by atoms with Crippen molar-refractivity contribution < 1.29 is 14.6 Å². The van der Waals surface area contributed by atoms with Crippen LogP contribution in [0.4, 0.5) is 0 Å². The van der Waals surface area contributed by atoms with Crippen molar-refractivity contribution in [1.82, 2.24) is 0 Å². The highest BCUT2D eigenvalue weighted by atomic mass is 79.9. The van der Waals surface area contributed by atoms with Gasteiger partial charge in [-0.15, -0.1) is 0 Å². The summed E-state index contributed by atoms with van der Waals surface area (Å²) in [6.45, 7) is 1.94. The lowest BCUT2D eigenvalue weighted by molar-refractivity contribution is -0.138. The van der Waals surface area contributed by atoms with Crippen molar-refractivity contribution in [2.24, 2.45) is 0 Å². The number of carbonyl (C=O) groups is 1. The van der Waals surface area contributed by atoms with Gasteiger partial charge in [-0.1, -0.05) is 40.2 Å². The van der Waals surface area contributed by atoms with Gasteiger partial charge >= 0.3 is 5.97 Å². The van der Waals surface area contributed by atoms with Gasteiger partial charge in [0.1, 0.15) is 5.75 Å². The molecule has 0 aliphatic carbocycles. The number of ether oxygens (including phenoxy) is 1. The summed E-state index contributed by atoms with van der Waals surface area (Å²) in [5.74, 6) is -0.671. The van der Waals surface area contributed by atoms with E-state index in [1.54, 1.807) is 7.11 Å². The Morgan fingerprint density at radius 1 is 1.29 bits per heavy atom. The van der Waals surface area contributed by atoms with Crippen LogP contribution in [0.3, 0.4) is 0 Å². The normalized spacial score (nSPS) is 12.0. The molecule has 1 N–H and O–H groups in total. The molecule has 1 unspecified atom stereocenters. The Labute approximate surface area is 132 Å². The van der Waals surface area contributed by atoms with Crippen LogP contribution in [0.15, 0.2) is 46.9 Å². The Bertz CT molecular complexity index is 652. The summed E-state index contributed by atoms with van der Waals surface area (Å²) in [4.78, 5) is 11.7. The molecule has 4 heteroatoms. The molecule has 0 spiro atoms. The number of methoxy groups -OCH3 is 1. The monoisotopic (exact) mass is 348 g/mol. The number of hydrogen-bond donors (Lipinski definition) is 1. The van der Waals surface area contributed by atoms with Crippen molar-refractivity contribution in [3.8, 4) is 5.75 Å². The first-order valence-corrected chi connectivity index (χ1v) is 7.43. The Kier molecular flexibility index (Phi) is 5.02. The number of aryl methyl sites for hydroxylation is 1. The molecule has 2 rings (SSSR count). The van der Waals surface area contributed by atoms with E-state index in [1.807, 2.05) is 49.4 Å². The highest BCUT2D eigenvalue weighted by Crippen LogP contribution is 2.30. The number of carboxylic acids is 1. The van der Waals surface area contributed by atoms with Gasteiger partial charge in [0, 0.05) is 4.47 Å². The summed E-state index contributed by atoms with van der Waals surface area (Å²) >= 11 is 3.48. The van der Waals surface area contributed by atoms with E-state index in [-0.39, 0.29) is 0 Å². The van der Waals surface area contributed by atoms with Crippen molar-refractivity contribution in [1.29, 1.82) is 0 Å². The van der Waals surface area contributed by atoms with Gasteiger partial charge in [0.2, 0.25) is 0 Å². The lowest BCUT2D eigenvalue weighted by Gasteiger charge is -2.16. The van der Waals surface area contributed by atoms with Gasteiger partial charge in [-0.2, -0.15) is 0 Å². The maximum absolute atomic E-state index is 11.7. The van der Waals surface area contributed by atoms with E-state index < -0.39 is 11.9 Å². The maximum Gasteiger partial charge on any atom is 0.311 e. The second-order valence-electron chi connectivity index (χ2n) is 4.91. The molecule has 0 aromatic heterocycles. The summed E-state index contributed by atoms with van der Waals surface area (Å²) in [6.07, 6.45) is 0.415. The molecule has 2 aromatic rings. The minimum absolute atomic E-state index is 0.415. The van der Waals surface area contributed by atoms with Crippen molar-refractivity contribution >= 4 is 21.9 Å². The fourth-order valence-electron chi connectivity index (χ4n) is 2.36. The zero-order valence-electron chi connectivity index (χ0n) is 12.0. The molecule has 110 valence electrons. The van der Waals surface area contributed by atoms with Crippen LogP contribution in [0.1, 0.15) is 22.6 Å². The molecule has 0 bridgehead atoms. The third-order valence-corrected chi connectivity index (χ3v) is 4.31. The minimum atomic E-state index is -0.820. The summed E-state index contributed by atoms with van der Waals surface area (Å²) < 4.78 is 6.10. The van der Waals surface area contributed by atoms with Crippen LogP contribution in [0.25, 0.3) is 0 Å². The molecule has 0 aliphatic heterocycles. The average molecular weight is 349 g/mol. The van der Waals surface area contributed by atoms with E-state index in [4.69, 9.17) is 4.74 Å². The summed E-state index contributed by atoms with van der Waals surface area (Å²) in [7, 11) is 1.60. The highest BCUT2D eigenvalue weighted by Gasteiger charge is 2.23. The summed E-state index contributed by atoms with van der Waals surface area (Å²) in [6, 6.07) is 13.2. The Morgan fingerprint density at radius 2 is 2.00 bits per heavy atom. The Morgan fingerprint density at radius 3 is 2.62 bits per heavy atom. The lowest BCUT2D eigenvalue weighted by Crippen LogP contribution is -2.16. The van der Waals surface area contributed by atoms with Crippen LogP contribution in [-0.2, 0) is 11.2 Å². The van der Waals surface area contributed by atoms with Gasteiger partial charge in [-0.3, -0.25) is 4.79 Å². The van der Waals surface area contributed by atoms with E-state index in [1.165, 1.54) is 0 Å². The zero-order valence-corrected chi connectivity index (χ0v) is 13.6. The fourth-order valence-corrected chi connectivity index (χ4v) is 2.77. The second-order valence-corrected chi connectivity index (χ2v) is 5.76. The van der Waals surface area contributed by atoms with Gasteiger partial charge < -0.3 is 9.84 Å². The first-order chi connectivity index (χ1) is 10.0. The van der Waals surface area contributed by atoms with Crippen LogP contribution in [-0.4, -0.2) is 18.2 Å². The maximum atomic E-state index is 11.7. The van der Waals surface area contributed by atoms with Crippen LogP contribution < -0.4 is 4.74 Å². The number of benzene rings is 2. The average Bonchev–Trinajstić information content (AvgIpc) is 2.47. The highest BCUT2D eigenvalue weighted by molar-refractivity contribution is 9.10. The third-order valence-electron chi connectivity index (χ3n) is 3.54. The molecule has 21 heavy (non-hydrogen) atoms. The standard InChI is InChI=1S/C17H17BrO3/c1-11-5-3-4-6-14(11)15(17(19)20)10-12-9-13(21-2)7-8-16(12)18/h3-9,15H,10H2,1-2H3,(H,19,20). The van der Waals surface area contributed by atoms with E-state index >= 15 is 0 Å². The molecule has 0 amide bonds. The van der Waals surface area contributed by atoms with Gasteiger partial charge in [-0.25, -0.2) is 0 Å². The molecule has 0 saturated carbocycles. The third kappa shape index (κ3) is 3.64. The van der Waals surface area contributed by atoms with Crippen molar-refractivity contribution in [2.75, 3.05) is 7.11 Å². The molecule has 0 fully saturated rings. The number of halogens is 1. The van der Waals surface area contributed by atoms with Gasteiger partial charge in [0.25, 0.3) is 0 Å². The predicted octanol–water partition coefficient (Wildman–Crippen LogP) is 4.18. The number of carboxylic acid groups (broad SMARTS) is 1. The predicted molar refractivity (Wildman–Crippen MR) is 86.0 cm³/mol. The van der Waals surface area contributed by atoms with Crippen LogP contribution in [0, 0.1) is 6.92 Å². The van der Waals surface area contributed by atoms with Crippen LogP contribution in [0.2, 0.25) is 0 Å². The summed E-state index contributed by atoms with van der Waals surface area (Å²) in [5, 5.41) is 9.58. The molecule has 0 aliphatic rings. The first-order valence-electron chi connectivity index (χ1n) is 6.63. The van der Waals surface area contributed by atoms with E-state index in [2.05, 4.69) is 15.9 Å². The summed E-state index contributed by atoms with van der Waals surface area (Å²) in [5.41, 5.74) is 2.76. The van der Waals surface area contributed by atoms with E-state index in [9.17, 15) is 9.90 Å². The van der Waals surface area contributed by atoms with E-state index in [0.717, 1.165) is 26.9 Å². The zero-order chi connectivity index (χ0) is 15.4. The fraction of sp³-hybridized carbons (Fsp3) is 0.235. The van der Waals surface area contributed by atoms with Gasteiger partial charge in [-0.05, 0) is 48.2 Å². The molecule has 0 heterocycles. The number of rotatable bonds is 5. The van der Waals surface area contributed by atoms with Gasteiger partial charge in [0.05, 0.1) is 13.0 Å².